The van der Waals surface area contributed by atoms with Gasteiger partial charge in [-0.25, -0.2) is 4.39 Å². The number of rotatable bonds is 4. The van der Waals surface area contributed by atoms with Crippen LogP contribution in [0.1, 0.15) is 60.0 Å². The second-order valence-corrected chi connectivity index (χ2v) is 7.81. The maximum Gasteiger partial charge on any atom is 0.251 e. The fourth-order valence-corrected chi connectivity index (χ4v) is 4.19. The molecule has 8 heteroatoms. The number of nitrogens with zero attached hydrogens (tertiary/aromatic N) is 4. The number of hydrogen-bond donors (Lipinski definition) is 1. The highest BCUT2D eigenvalue weighted by atomic mass is 19.1. The van der Waals surface area contributed by atoms with E-state index in [1.165, 1.54) is 30.7 Å². The maximum absolute atomic E-state index is 13.0. The summed E-state index contributed by atoms with van der Waals surface area (Å²) in [5.41, 5.74) is 0.335. The Morgan fingerprint density at radius 3 is 2.72 bits per heavy atom. The molecule has 1 saturated heterocycles. The van der Waals surface area contributed by atoms with Crippen LogP contribution in [-0.2, 0) is 17.8 Å². The second kappa shape index (κ2) is 8.71. The number of benzene rings is 1. The molecule has 1 aromatic heterocycles. The molecule has 1 fully saturated rings. The molecule has 1 aromatic carbocycles. The molecule has 0 aliphatic carbocycles. The third kappa shape index (κ3) is 4.46. The molecule has 0 bridgehead atoms. The van der Waals surface area contributed by atoms with Crippen molar-refractivity contribution in [1.29, 1.82) is 0 Å². The fraction of sp³-hybridized carbons (Fsp3) is 0.524. The smallest absolute Gasteiger partial charge is 0.251 e. The number of fused-ring (bicyclic) bond motifs is 1. The number of halogens is 1. The summed E-state index contributed by atoms with van der Waals surface area (Å²) in [7, 11) is 0. The molecule has 1 N–H and O–H groups in total. The lowest BCUT2D eigenvalue weighted by molar-refractivity contribution is -0.131. The number of aromatic nitrogens is 3. The SMILES string of the molecule is O=C(NCC(=O)N1CCCC(c2nnc3n2CCCCC3)C1)c1ccc(F)cc1. The van der Waals surface area contributed by atoms with Crippen LogP contribution >= 0.6 is 0 Å². The Labute approximate surface area is 169 Å². The summed E-state index contributed by atoms with van der Waals surface area (Å²) in [6, 6.07) is 5.27. The van der Waals surface area contributed by atoms with Crippen molar-refractivity contribution in [2.75, 3.05) is 19.6 Å². The number of carbonyl (C=O) groups is 2. The summed E-state index contributed by atoms with van der Waals surface area (Å²) >= 11 is 0. The molecule has 0 radical (unpaired) electrons. The predicted octanol–water partition coefficient (Wildman–Crippen LogP) is 2.28. The highest BCUT2D eigenvalue weighted by Gasteiger charge is 2.29. The molecule has 2 aliphatic heterocycles. The van der Waals surface area contributed by atoms with E-state index in [0.717, 1.165) is 50.3 Å². The molecule has 2 amide bonds. The highest BCUT2D eigenvalue weighted by molar-refractivity contribution is 5.96. The molecular formula is C21H26FN5O2. The highest BCUT2D eigenvalue weighted by Crippen LogP contribution is 2.28. The molecule has 154 valence electrons. The third-order valence-electron chi connectivity index (χ3n) is 5.78. The topological polar surface area (TPSA) is 80.1 Å². The minimum atomic E-state index is -0.400. The molecular weight excluding hydrogens is 373 g/mol. The summed E-state index contributed by atoms with van der Waals surface area (Å²) in [4.78, 5) is 26.6. The minimum Gasteiger partial charge on any atom is -0.343 e. The van der Waals surface area contributed by atoms with Crippen molar-refractivity contribution in [2.24, 2.45) is 0 Å². The van der Waals surface area contributed by atoms with Gasteiger partial charge in [0.1, 0.15) is 17.5 Å². The zero-order chi connectivity index (χ0) is 20.2. The van der Waals surface area contributed by atoms with Crippen LogP contribution in [0.25, 0.3) is 0 Å². The van der Waals surface area contributed by atoms with E-state index in [-0.39, 0.29) is 24.3 Å². The molecule has 0 spiro atoms. The first-order valence-electron chi connectivity index (χ1n) is 10.4. The van der Waals surface area contributed by atoms with Gasteiger partial charge >= 0.3 is 0 Å². The number of aryl methyl sites for hydroxylation is 1. The Bertz CT molecular complexity index is 880. The van der Waals surface area contributed by atoms with Gasteiger partial charge in [0.05, 0.1) is 6.54 Å². The van der Waals surface area contributed by atoms with E-state index in [2.05, 4.69) is 20.1 Å². The van der Waals surface area contributed by atoms with E-state index in [1.54, 1.807) is 4.90 Å². The van der Waals surface area contributed by atoms with Gasteiger partial charge in [0, 0.05) is 37.5 Å². The van der Waals surface area contributed by atoms with E-state index in [1.807, 2.05) is 0 Å². The van der Waals surface area contributed by atoms with Crippen LogP contribution in [0.15, 0.2) is 24.3 Å². The van der Waals surface area contributed by atoms with E-state index >= 15 is 0 Å². The third-order valence-corrected chi connectivity index (χ3v) is 5.78. The van der Waals surface area contributed by atoms with Gasteiger partial charge in [-0.3, -0.25) is 9.59 Å². The standard InChI is InChI=1S/C21H26FN5O2/c22-17-9-7-15(8-10-17)21(29)23-13-19(28)26-11-4-5-16(14-26)20-25-24-18-6-2-1-3-12-27(18)20/h7-10,16H,1-6,11-14H2,(H,23,29). The van der Waals surface area contributed by atoms with Crippen molar-refractivity contribution in [3.63, 3.8) is 0 Å². The first-order valence-corrected chi connectivity index (χ1v) is 10.4. The molecule has 0 saturated carbocycles. The van der Waals surface area contributed by atoms with Gasteiger partial charge < -0.3 is 14.8 Å². The van der Waals surface area contributed by atoms with Gasteiger partial charge in [0.15, 0.2) is 0 Å². The van der Waals surface area contributed by atoms with Gasteiger partial charge in [-0.2, -0.15) is 0 Å². The fourth-order valence-electron chi connectivity index (χ4n) is 4.19. The van der Waals surface area contributed by atoms with E-state index in [4.69, 9.17) is 0 Å². The van der Waals surface area contributed by atoms with E-state index in [0.29, 0.717) is 18.7 Å². The quantitative estimate of drug-likeness (QED) is 0.855. The largest absolute Gasteiger partial charge is 0.343 e. The molecule has 29 heavy (non-hydrogen) atoms. The second-order valence-electron chi connectivity index (χ2n) is 7.81. The number of hydrogen-bond acceptors (Lipinski definition) is 4. The average molecular weight is 399 g/mol. The van der Waals surface area contributed by atoms with Gasteiger partial charge in [-0.15, -0.1) is 10.2 Å². The summed E-state index contributed by atoms with van der Waals surface area (Å²) in [6.07, 6.45) is 6.38. The first kappa shape index (κ1) is 19.5. The molecule has 2 aliphatic rings. The summed E-state index contributed by atoms with van der Waals surface area (Å²) in [6.45, 7) is 2.17. The lowest BCUT2D eigenvalue weighted by atomic mass is 9.97. The van der Waals surface area contributed by atoms with Crippen LogP contribution < -0.4 is 5.32 Å². The number of nitrogens with one attached hydrogen (secondary N) is 1. The molecule has 1 atom stereocenters. The van der Waals surface area contributed by atoms with Gasteiger partial charge in [-0.1, -0.05) is 6.42 Å². The van der Waals surface area contributed by atoms with Crippen LogP contribution in [0.2, 0.25) is 0 Å². The Morgan fingerprint density at radius 2 is 1.90 bits per heavy atom. The summed E-state index contributed by atoms with van der Waals surface area (Å²) < 4.78 is 15.2. The molecule has 1 unspecified atom stereocenters. The first-order chi connectivity index (χ1) is 14.1. The lowest BCUT2D eigenvalue weighted by Gasteiger charge is -2.32. The Hall–Kier alpha value is -2.77. The van der Waals surface area contributed by atoms with Gasteiger partial charge in [0.2, 0.25) is 5.91 Å². The van der Waals surface area contributed by atoms with E-state index in [9.17, 15) is 14.0 Å². The lowest BCUT2D eigenvalue weighted by Crippen LogP contribution is -2.45. The predicted molar refractivity (Wildman–Crippen MR) is 105 cm³/mol. The minimum absolute atomic E-state index is 0.0686. The van der Waals surface area contributed by atoms with Crippen molar-refractivity contribution < 1.29 is 14.0 Å². The van der Waals surface area contributed by atoms with Gasteiger partial charge in [0.25, 0.3) is 5.91 Å². The van der Waals surface area contributed by atoms with Crippen molar-refractivity contribution in [2.45, 2.75) is 51.0 Å². The molecule has 3 heterocycles. The van der Waals surface area contributed by atoms with Gasteiger partial charge in [-0.05, 0) is 49.9 Å². The Balaban J connectivity index is 1.36. The zero-order valence-electron chi connectivity index (χ0n) is 16.4. The maximum atomic E-state index is 13.0. The van der Waals surface area contributed by atoms with Crippen molar-refractivity contribution >= 4 is 11.8 Å². The van der Waals surface area contributed by atoms with Crippen LogP contribution in [0, 0.1) is 5.82 Å². The Morgan fingerprint density at radius 1 is 1.07 bits per heavy atom. The number of likely N-dealkylation sites (tertiary alicyclic amines) is 1. The summed E-state index contributed by atoms with van der Waals surface area (Å²) in [5, 5.41) is 11.5. The Kier molecular flexibility index (Phi) is 5.87. The monoisotopic (exact) mass is 399 g/mol. The number of piperidine rings is 1. The summed E-state index contributed by atoms with van der Waals surface area (Å²) in [5.74, 6) is 1.35. The normalized spacial score (nSPS) is 19.3. The molecule has 2 aromatic rings. The average Bonchev–Trinajstić information content (AvgIpc) is 3.00. The van der Waals surface area contributed by atoms with Crippen LogP contribution in [0.3, 0.4) is 0 Å². The molecule has 4 rings (SSSR count). The zero-order valence-corrected chi connectivity index (χ0v) is 16.4. The van der Waals surface area contributed by atoms with Crippen molar-refractivity contribution in [3.8, 4) is 0 Å². The van der Waals surface area contributed by atoms with Crippen LogP contribution in [0.4, 0.5) is 4.39 Å². The number of carbonyl (C=O) groups excluding carboxylic acids is 2. The van der Waals surface area contributed by atoms with Crippen molar-refractivity contribution in [3.05, 3.63) is 47.3 Å². The van der Waals surface area contributed by atoms with E-state index < -0.39 is 5.82 Å². The van der Waals surface area contributed by atoms with Crippen molar-refractivity contribution in [1.82, 2.24) is 25.0 Å². The van der Waals surface area contributed by atoms with Crippen LogP contribution in [0.5, 0.6) is 0 Å². The number of amides is 2. The molecule has 7 nitrogen and oxygen atoms in total. The van der Waals surface area contributed by atoms with Crippen LogP contribution in [-0.4, -0.2) is 51.1 Å².